The predicted molar refractivity (Wildman–Crippen MR) is 141 cm³/mol. The minimum Gasteiger partial charge on any atom is -0.344 e. The zero-order chi connectivity index (χ0) is 21.7. The molecule has 0 saturated heterocycles. The number of fused-ring (bicyclic) bond motifs is 6. The minimum atomic E-state index is 1.25. The van der Waals surface area contributed by atoms with Gasteiger partial charge in [-0.25, -0.2) is 0 Å². The van der Waals surface area contributed by atoms with Crippen LogP contribution in [-0.2, 0) is 7.05 Å². The molecule has 0 aliphatic rings. The van der Waals surface area contributed by atoms with Crippen LogP contribution in [0.4, 0.5) is 0 Å². The zero-order valence-electron chi connectivity index (χ0n) is 18.2. The van der Waals surface area contributed by atoms with Gasteiger partial charge in [0.05, 0.1) is 22.1 Å². The monoisotopic (exact) mass is 420 g/mol. The first kappa shape index (κ1) is 17.3. The van der Waals surface area contributed by atoms with Gasteiger partial charge in [-0.2, -0.15) is 0 Å². The van der Waals surface area contributed by atoms with Gasteiger partial charge in [0.15, 0.2) is 0 Å². The molecule has 8 rings (SSSR count). The molecule has 2 nitrogen and oxygen atoms in total. The van der Waals surface area contributed by atoms with Crippen LogP contribution in [0.3, 0.4) is 0 Å². The summed E-state index contributed by atoms with van der Waals surface area (Å²) in [4.78, 5) is 0. The van der Waals surface area contributed by atoms with E-state index in [9.17, 15) is 0 Å². The largest absolute Gasteiger partial charge is 0.344 e. The third kappa shape index (κ3) is 2.00. The number of nitrogens with zero attached hydrogens (tertiary/aromatic N) is 2. The van der Waals surface area contributed by atoms with E-state index in [0.717, 1.165) is 0 Å². The molecule has 154 valence electrons. The maximum Gasteiger partial charge on any atom is 0.0642 e. The molecule has 33 heavy (non-hydrogen) atoms. The van der Waals surface area contributed by atoms with Crippen LogP contribution in [0.25, 0.3) is 71.0 Å². The van der Waals surface area contributed by atoms with Gasteiger partial charge in [-0.05, 0) is 29.1 Å². The second-order valence-corrected chi connectivity index (χ2v) is 9.03. The molecule has 5 aromatic carbocycles. The van der Waals surface area contributed by atoms with E-state index in [1.807, 2.05) is 0 Å². The molecule has 0 saturated carbocycles. The summed E-state index contributed by atoms with van der Waals surface area (Å²) in [6, 6.07) is 37.7. The molecule has 0 fully saturated rings. The topological polar surface area (TPSA) is 9.34 Å². The molecule has 0 radical (unpaired) electrons. The smallest absolute Gasteiger partial charge is 0.0642 e. The highest BCUT2D eigenvalue weighted by Crippen LogP contribution is 2.45. The van der Waals surface area contributed by atoms with Gasteiger partial charge in [-0.3, -0.25) is 0 Å². The van der Waals surface area contributed by atoms with Gasteiger partial charge in [0.2, 0.25) is 0 Å². The average molecular weight is 421 g/mol. The summed E-state index contributed by atoms with van der Waals surface area (Å²) in [6.07, 6.45) is 0. The van der Waals surface area contributed by atoms with Gasteiger partial charge in [-0.1, -0.05) is 84.9 Å². The second kappa shape index (κ2) is 5.93. The molecule has 3 heterocycles. The van der Waals surface area contributed by atoms with Gasteiger partial charge < -0.3 is 8.97 Å². The van der Waals surface area contributed by atoms with Crippen molar-refractivity contribution in [1.82, 2.24) is 8.97 Å². The van der Waals surface area contributed by atoms with Gasteiger partial charge in [0.25, 0.3) is 0 Å². The van der Waals surface area contributed by atoms with Crippen LogP contribution in [0, 0.1) is 0 Å². The molecule has 0 amide bonds. The summed E-state index contributed by atoms with van der Waals surface area (Å²) in [6.45, 7) is 0. The SMILES string of the molecule is Cn1c2cccc3c4ccccc4n4c5c(-c6ccccc6)cccc5c5ccc1c(c32)c54. The standard InChI is InChI=1S/C31H20N2/c1-32-26-16-8-13-22-21-11-5-6-15-25(21)33-30-20(19-9-3-2-4-10-19)12-7-14-23(30)24-17-18-27(32)29(28(22)26)31(24)33/h2-18H,1H3. The quantitative estimate of drug-likeness (QED) is 0.253. The summed E-state index contributed by atoms with van der Waals surface area (Å²) in [7, 11) is 2.19. The molecule has 0 spiro atoms. The number of rotatable bonds is 1. The Morgan fingerprint density at radius 1 is 0.455 bits per heavy atom. The van der Waals surface area contributed by atoms with E-state index >= 15 is 0 Å². The van der Waals surface area contributed by atoms with E-state index in [1.165, 1.54) is 71.0 Å². The Balaban J connectivity index is 1.82. The molecule has 0 N–H and O–H groups in total. The Hall–Kier alpha value is -4.30. The molecule has 0 aliphatic carbocycles. The summed E-state index contributed by atoms with van der Waals surface area (Å²) in [5.74, 6) is 0. The van der Waals surface area contributed by atoms with Crippen molar-refractivity contribution < 1.29 is 0 Å². The highest BCUT2D eigenvalue weighted by Gasteiger charge is 2.22. The van der Waals surface area contributed by atoms with Crippen LogP contribution < -0.4 is 0 Å². The first-order chi connectivity index (χ1) is 16.3. The van der Waals surface area contributed by atoms with Crippen LogP contribution in [0.5, 0.6) is 0 Å². The molecular weight excluding hydrogens is 400 g/mol. The van der Waals surface area contributed by atoms with E-state index in [2.05, 4.69) is 119 Å². The number of benzene rings is 5. The second-order valence-electron chi connectivity index (χ2n) is 9.03. The fourth-order valence-electron chi connectivity index (χ4n) is 6.09. The maximum atomic E-state index is 2.53. The molecular formula is C31H20N2. The fraction of sp³-hybridized carbons (Fsp3) is 0.0323. The maximum absolute atomic E-state index is 2.53. The molecule has 0 atom stereocenters. The van der Waals surface area contributed by atoms with Crippen molar-refractivity contribution in [2.75, 3.05) is 0 Å². The first-order valence-electron chi connectivity index (χ1n) is 11.5. The average Bonchev–Trinajstić information content (AvgIpc) is 3.32. The van der Waals surface area contributed by atoms with E-state index < -0.39 is 0 Å². The summed E-state index contributed by atoms with van der Waals surface area (Å²) in [5, 5.41) is 7.93. The van der Waals surface area contributed by atoms with Crippen molar-refractivity contribution >= 4 is 59.9 Å². The predicted octanol–water partition coefficient (Wildman–Crippen LogP) is 8.15. The summed E-state index contributed by atoms with van der Waals surface area (Å²) in [5.41, 5.74) is 8.92. The Morgan fingerprint density at radius 2 is 1.12 bits per heavy atom. The van der Waals surface area contributed by atoms with Crippen molar-refractivity contribution in [1.29, 1.82) is 0 Å². The highest BCUT2D eigenvalue weighted by molar-refractivity contribution is 6.33. The summed E-state index contributed by atoms with van der Waals surface area (Å²) >= 11 is 0. The van der Waals surface area contributed by atoms with E-state index in [0.29, 0.717) is 0 Å². The molecule has 0 aliphatic heterocycles. The number of aryl methyl sites for hydroxylation is 1. The molecule has 0 bridgehead atoms. The molecule has 2 heteroatoms. The van der Waals surface area contributed by atoms with Crippen LogP contribution in [-0.4, -0.2) is 8.97 Å². The van der Waals surface area contributed by atoms with Crippen molar-refractivity contribution in [3.05, 3.63) is 103 Å². The molecule has 0 unspecified atom stereocenters. The normalized spacial score (nSPS) is 12.4. The zero-order valence-corrected chi connectivity index (χ0v) is 18.2. The van der Waals surface area contributed by atoms with Crippen LogP contribution in [0.15, 0.2) is 103 Å². The van der Waals surface area contributed by atoms with E-state index in [1.54, 1.807) is 0 Å². The lowest BCUT2D eigenvalue weighted by molar-refractivity contribution is 1.01. The van der Waals surface area contributed by atoms with Crippen molar-refractivity contribution in [2.24, 2.45) is 7.05 Å². The Morgan fingerprint density at radius 3 is 2.03 bits per heavy atom. The number of hydrogen-bond donors (Lipinski definition) is 0. The van der Waals surface area contributed by atoms with Gasteiger partial charge in [-0.15, -0.1) is 0 Å². The number of aromatic nitrogens is 2. The van der Waals surface area contributed by atoms with Crippen molar-refractivity contribution in [3.8, 4) is 11.1 Å². The fourth-order valence-corrected chi connectivity index (χ4v) is 6.09. The number of hydrogen-bond acceptors (Lipinski definition) is 0. The molecule has 3 aromatic heterocycles. The lowest BCUT2D eigenvalue weighted by Crippen LogP contribution is -1.90. The van der Waals surface area contributed by atoms with Gasteiger partial charge in [0, 0.05) is 45.1 Å². The van der Waals surface area contributed by atoms with Crippen LogP contribution in [0.2, 0.25) is 0 Å². The Labute approximate surface area is 190 Å². The van der Waals surface area contributed by atoms with Gasteiger partial charge >= 0.3 is 0 Å². The molecule has 8 aromatic rings. The van der Waals surface area contributed by atoms with E-state index in [4.69, 9.17) is 0 Å². The lowest BCUT2D eigenvalue weighted by atomic mass is 10.0. The van der Waals surface area contributed by atoms with Gasteiger partial charge in [0.1, 0.15) is 0 Å². The third-order valence-electron chi connectivity index (χ3n) is 7.46. The van der Waals surface area contributed by atoms with Crippen molar-refractivity contribution in [3.63, 3.8) is 0 Å². The van der Waals surface area contributed by atoms with E-state index in [-0.39, 0.29) is 0 Å². The Bertz CT molecular complexity index is 2020. The minimum absolute atomic E-state index is 1.25. The van der Waals surface area contributed by atoms with Crippen LogP contribution in [0.1, 0.15) is 0 Å². The summed E-state index contributed by atoms with van der Waals surface area (Å²) < 4.78 is 4.88. The third-order valence-corrected chi connectivity index (χ3v) is 7.46. The number of para-hydroxylation sites is 2. The lowest BCUT2D eigenvalue weighted by Gasteiger charge is -2.08. The highest BCUT2D eigenvalue weighted by atomic mass is 15.0. The Kier molecular flexibility index (Phi) is 3.11. The van der Waals surface area contributed by atoms with Crippen LogP contribution >= 0.6 is 0 Å². The first-order valence-corrected chi connectivity index (χ1v) is 11.5. The van der Waals surface area contributed by atoms with Crippen molar-refractivity contribution in [2.45, 2.75) is 0 Å².